The predicted octanol–water partition coefficient (Wildman–Crippen LogP) is 3.39. The average Bonchev–Trinajstić information content (AvgIpc) is 3.16. The molecule has 2 aromatic rings. The predicted molar refractivity (Wildman–Crippen MR) is 97.4 cm³/mol. The quantitative estimate of drug-likeness (QED) is 0.673. The normalized spacial score (nSPS) is 13.5. The summed E-state index contributed by atoms with van der Waals surface area (Å²) in [5.74, 6) is -0.443. The Morgan fingerprint density at radius 2 is 1.65 bits per heavy atom. The number of aryl methyl sites for hydroxylation is 1. The number of nitrogens with one attached hydrogen (secondary N) is 1. The third-order valence-corrected chi connectivity index (χ3v) is 4.45. The molecule has 0 bridgehead atoms. The molecule has 1 N–H and O–H groups in total. The minimum absolute atomic E-state index is 0.00506. The highest BCUT2D eigenvalue weighted by molar-refractivity contribution is 6.05. The summed E-state index contributed by atoms with van der Waals surface area (Å²) in [5, 5.41) is 13.7. The second kappa shape index (κ2) is 7.35. The molecule has 134 valence electrons. The van der Waals surface area contributed by atoms with E-state index in [2.05, 4.69) is 5.32 Å². The molecule has 7 heteroatoms. The van der Waals surface area contributed by atoms with E-state index in [-0.39, 0.29) is 17.2 Å². The molecular weight excluding hydrogens is 334 g/mol. The number of hydrogen-bond donors (Lipinski definition) is 1. The highest BCUT2D eigenvalue weighted by Crippen LogP contribution is 2.21. The Kier molecular flexibility index (Phi) is 4.97. The molecule has 2 aromatic carbocycles. The minimum atomic E-state index is -0.509. The van der Waals surface area contributed by atoms with Crippen LogP contribution < -0.4 is 5.32 Å². The largest absolute Gasteiger partial charge is 0.339 e. The van der Waals surface area contributed by atoms with Gasteiger partial charge in [0.25, 0.3) is 17.5 Å². The molecule has 1 aliphatic rings. The van der Waals surface area contributed by atoms with E-state index in [4.69, 9.17) is 0 Å². The zero-order valence-electron chi connectivity index (χ0n) is 14.4. The smallest absolute Gasteiger partial charge is 0.273 e. The Bertz CT molecular complexity index is 856. The summed E-state index contributed by atoms with van der Waals surface area (Å²) in [4.78, 5) is 36.9. The van der Waals surface area contributed by atoms with E-state index in [1.54, 1.807) is 43.3 Å². The first kappa shape index (κ1) is 17.6. The summed E-state index contributed by atoms with van der Waals surface area (Å²) in [5.41, 5.74) is 1.71. The van der Waals surface area contributed by atoms with E-state index >= 15 is 0 Å². The summed E-state index contributed by atoms with van der Waals surface area (Å²) in [7, 11) is 0. The first-order valence-electron chi connectivity index (χ1n) is 8.41. The van der Waals surface area contributed by atoms with Crippen LogP contribution in [0.2, 0.25) is 0 Å². The number of rotatable bonds is 4. The highest BCUT2D eigenvalue weighted by Gasteiger charge is 2.19. The first-order valence-corrected chi connectivity index (χ1v) is 8.41. The molecular formula is C19H19N3O4. The first-order chi connectivity index (χ1) is 12.5. The Hall–Kier alpha value is -3.22. The van der Waals surface area contributed by atoms with Crippen molar-refractivity contribution in [2.24, 2.45) is 0 Å². The number of hydrogen-bond acceptors (Lipinski definition) is 4. The van der Waals surface area contributed by atoms with E-state index in [9.17, 15) is 19.7 Å². The van der Waals surface area contributed by atoms with Crippen LogP contribution in [0.25, 0.3) is 0 Å². The number of nitrogens with zero attached hydrogens (tertiary/aromatic N) is 2. The molecule has 7 nitrogen and oxygen atoms in total. The molecule has 0 aliphatic carbocycles. The van der Waals surface area contributed by atoms with Crippen molar-refractivity contribution < 1.29 is 14.5 Å². The van der Waals surface area contributed by atoms with Crippen molar-refractivity contribution in [1.29, 1.82) is 0 Å². The molecule has 1 aliphatic heterocycles. The fraction of sp³-hybridized carbons (Fsp3) is 0.263. The molecule has 0 aromatic heterocycles. The molecule has 2 amide bonds. The van der Waals surface area contributed by atoms with Gasteiger partial charge in [0.15, 0.2) is 0 Å². The minimum Gasteiger partial charge on any atom is -0.339 e. The molecule has 0 saturated carbocycles. The second-order valence-corrected chi connectivity index (χ2v) is 6.29. The topological polar surface area (TPSA) is 92.6 Å². The van der Waals surface area contributed by atoms with E-state index in [1.807, 2.05) is 4.90 Å². The maximum Gasteiger partial charge on any atom is 0.273 e. The van der Waals surface area contributed by atoms with Crippen LogP contribution in [0.15, 0.2) is 42.5 Å². The molecule has 3 rings (SSSR count). The van der Waals surface area contributed by atoms with E-state index in [1.165, 1.54) is 6.07 Å². The van der Waals surface area contributed by atoms with E-state index < -0.39 is 10.8 Å². The van der Waals surface area contributed by atoms with Gasteiger partial charge in [-0.15, -0.1) is 0 Å². The van der Waals surface area contributed by atoms with Crippen LogP contribution in [0, 0.1) is 17.0 Å². The number of nitro benzene ring substituents is 1. The lowest BCUT2D eigenvalue weighted by atomic mass is 10.1. The zero-order valence-corrected chi connectivity index (χ0v) is 14.4. The van der Waals surface area contributed by atoms with Gasteiger partial charge < -0.3 is 10.2 Å². The van der Waals surface area contributed by atoms with E-state index in [0.29, 0.717) is 16.8 Å². The number of carbonyl (C=O) groups excluding carboxylic acids is 2. The van der Waals surface area contributed by atoms with Gasteiger partial charge in [-0.05, 0) is 50.1 Å². The number of likely N-dealkylation sites (tertiary alicyclic amines) is 1. The lowest BCUT2D eigenvalue weighted by Gasteiger charge is -2.15. The zero-order chi connectivity index (χ0) is 18.7. The maximum absolute atomic E-state index is 12.3. The van der Waals surface area contributed by atoms with Crippen LogP contribution >= 0.6 is 0 Å². The summed E-state index contributed by atoms with van der Waals surface area (Å²) in [6.07, 6.45) is 2.06. The Morgan fingerprint density at radius 1 is 1.04 bits per heavy atom. The number of amides is 2. The summed E-state index contributed by atoms with van der Waals surface area (Å²) in [6, 6.07) is 11.0. The Morgan fingerprint density at radius 3 is 2.27 bits per heavy atom. The van der Waals surface area contributed by atoms with Crippen LogP contribution in [-0.2, 0) is 0 Å². The van der Waals surface area contributed by atoms with Crippen molar-refractivity contribution in [2.45, 2.75) is 19.8 Å². The van der Waals surface area contributed by atoms with Gasteiger partial charge in [-0.1, -0.05) is 6.07 Å². The fourth-order valence-electron chi connectivity index (χ4n) is 2.95. The van der Waals surface area contributed by atoms with Crippen molar-refractivity contribution in [3.8, 4) is 0 Å². The molecule has 0 atom stereocenters. The molecule has 1 fully saturated rings. The van der Waals surface area contributed by atoms with Gasteiger partial charge in [0.05, 0.1) is 4.92 Å². The van der Waals surface area contributed by atoms with Gasteiger partial charge in [0, 0.05) is 41.5 Å². The fourth-order valence-corrected chi connectivity index (χ4v) is 2.95. The molecule has 0 unspecified atom stereocenters. The van der Waals surface area contributed by atoms with Gasteiger partial charge >= 0.3 is 0 Å². The van der Waals surface area contributed by atoms with Crippen molar-refractivity contribution in [3.63, 3.8) is 0 Å². The van der Waals surface area contributed by atoms with Gasteiger partial charge in [-0.3, -0.25) is 19.7 Å². The molecule has 1 saturated heterocycles. The van der Waals surface area contributed by atoms with Gasteiger partial charge in [0.1, 0.15) is 0 Å². The van der Waals surface area contributed by atoms with Crippen LogP contribution in [0.1, 0.15) is 39.1 Å². The van der Waals surface area contributed by atoms with Crippen molar-refractivity contribution in [2.75, 3.05) is 18.4 Å². The van der Waals surface area contributed by atoms with Gasteiger partial charge in [-0.2, -0.15) is 0 Å². The highest BCUT2D eigenvalue weighted by atomic mass is 16.6. The Labute approximate surface area is 150 Å². The SMILES string of the molecule is Cc1ccc(C(=O)Nc2ccc(C(=O)N3CCCC3)cc2)cc1[N+](=O)[O-]. The van der Waals surface area contributed by atoms with Crippen molar-refractivity contribution >= 4 is 23.2 Å². The summed E-state index contributed by atoms with van der Waals surface area (Å²) in [6.45, 7) is 3.18. The maximum atomic E-state index is 12.3. The standard InChI is InChI=1S/C19H19N3O4/c1-13-4-5-15(12-17(13)22(25)26)18(23)20-16-8-6-14(7-9-16)19(24)21-10-2-3-11-21/h4-9,12H,2-3,10-11H2,1H3,(H,20,23). The van der Waals surface area contributed by atoms with Crippen LogP contribution in [0.4, 0.5) is 11.4 Å². The number of nitro groups is 1. The number of anilines is 1. The monoisotopic (exact) mass is 353 g/mol. The summed E-state index contributed by atoms with van der Waals surface area (Å²) < 4.78 is 0. The lowest BCUT2D eigenvalue weighted by Crippen LogP contribution is -2.27. The third-order valence-electron chi connectivity index (χ3n) is 4.45. The third kappa shape index (κ3) is 3.72. The molecule has 0 radical (unpaired) electrons. The van der Waals surface area contributed by atoms with Crippen molar-refractivity contribution in [3.05, 3.63) is 69.3 Å². The second-order valence-electron chi connectivity index (χ2n) is 6.29. The van der Waals surface area contributed by atoms with Crippen LogP contribution in [-0.4, -0.2) is 34.7 Å². The van der Waals surface area contributed by atoms with Crippen LogP contribution in [0.3, 0.4) is 0 Å². The van der Waals surface area contributed by atoms with Gasteiger partial charge in [-0.25, -0.2) is 0 Å². The molecule has 0 spiro atoms. The average molecular weight is 353 g/mol. The Balaban J connectivity index is 1.71. The number of benzene rings is 2. The number of carbonyl (C=O) groups is 2. The van der Waals surface area contributed by atoms with Crippen molar-refractivity contribution in [1.82, 2.24) is 4.90 Å². The molecule has 1 heterocycles. The lowest BCUT2D eigenvalue weighted by molar-refractivity contribution is -0.385. The molecule has 26 heavy (non-hydrogen) atoms. The van der Waals surface area contributed by atoms with Crippen LogP contribution in [0.5, 0.6) is 0 Å². The summed E-state index contributed by atoms with van der Waals surface area (Å²) >= 11 is 0. The van der Waals surface area contributed by atoms with Gasteiger partial charge in [0.2, 0.25) is 0 Å². The van der Waals surface area contributed by atoms with E-state index in [0.717, 1.165) is 25.9 Å².